The summed E-state index contributed by atoms with van der Waals surface area (Å²) in [5.74, 6) is -0.767. The summed E-state index contributed by atoms with van der Waals surface area (Å²) in [5.41, 5.74) is 0.706. The van der Waals surface area contributed by atoms with Crippen LogP contribution in [0.1, 0.15) is 10.4 Å². The van der Waals surface area contributed by atoms with Gasteiger partial charge in [-0.25, -0.2) is 14.1 Å². The van der Waals surface area contributed by atoms with E-state index in [1.807, 2.05) is 0 Å². The maximum atomic E-state index is 14.2. The minimum Gasteiger partial charge on any atom is -0.494 e. The van der Waals surface area contributed by atoms with Crippen molar-refractivity contribution in [1.29, 1.82) is 0 Å². The number of nitrogens with zero attached hydrogens (tertiary/aromatic N) is 3. The molecule has 0 spiro atoms. The van der Waals surface area contributed by atoms with Crippen LogP contribution in [0.4, 0.5) is 10.1 Å². The molecule has 2 aromatic carbocycles. The predicted molar refractivity (Wildman–Crippen MR) is 92.3 cm³/mol. The molecule has 9 heteroatoms. The van der Waals surface area contributed by atoms with Crippen LogP contribution in [0.15, 0.2) is 43.0 Å². The Morgan fingerprint density at radius 2 is 1.96 bits per heavy atom. The van der Waals surface area contributed by atoms with Gasteiger partial charge in [-0.1, -0.05) is 23.2 Å². The van der Waals surface area contributed by atoms with Crippen LogP contribution in [0.3, 0.4) is 0 Å². The standard InChI is InChI=1S/C16H11Cl2FN4O2/c1-25-15-11(17)4-9(5-12(15)18)16(24)22-10-2-3-14(13(19)6-10)23-8-20-7-21-23/h2-8H,1H3,(H,22,24). The number of carbonyl (C=O) groups is 1. The average molecular weight is 381 g/mol. The zero-order chi connectivity index (χ0) is 18.0. The number of methoxy groups -OCH3 is 1. The van der Waals surface area contributed by atoms with E-state index < -0.39 is 11.7 Å². The van der Waals surface area contributed by atoms with Gasteiger partial charge in [-0.2, -0.15) is 5.10 Å². The second kappa shape index (κ2) is 7.08. The van der Waals surface area contributed by atoms with Crippen LogP contribution in [-0.4, -0.2) is 27.8 Å². The topological polar surface area (TPSA) is 69.0 Å². The summed E-state index contributed by atoms with van der Waals surface area (Å²) in [6.07, 6.45) is 2.67. The van der Waals surface area contributed by atoms with E-state index >= 15 is 0 Å². The highest BCUT2D eigenvalue weighted by atomic mass is 35.5. The number of rotatable bonds is 4. The van der Waals surface area contributed by atoms with Crippen LogP contribution in [-0.2, 0) is 0 Å². The molecule has 0 aliphatic carbocycles. The average Bonchev–Trinajstić information content (AvgIpc) is 3.08. The summed E-state index contributed by atoms with van der Waals surface area (Å²) in [6.45, 7) is 0. The highest BCUT2D eigenvalue weighted by Gasteiger charge is 2.14. The van der Waals surface area contributed by atoms with Crippen LogP contribution >= 0.6 is 23.2 Å². The number of benzene rings is 2. The van der Waals surface area contributed by atoms with E-state index in [0.29, 0.717) is 0 Å². The first-order valence-electron chi connectivity index (χ1n) is 6.98. The van der Waals surface area contributed by atoms with Crippen LogP contribution in [0.25, 0.3) is 5.69 Å². The van der Waals surface area contributed by atoms with Gasteiger partial charge in [0.25, 0.3) is 5.91 Å². The zero-order valence-corrected chi connectivity index (χ0v) is 14.3. The SMILES string of the molecule is COc1c(Cl)cc(C(=O)Nc2ccc(-n3cncn3)c(F)c2)cc1Cl. The number of hydrogen-bond donors (Lipinski definition) is 1. The first-order valence-corrected chi connectivity index (χ1v) is 7.74. The van der Waals surface area contributed by atoms with Gasteiger partial charge in [-0.05, 0) is 30.3 Å². The van der Waals surface area contributed by atoms with E-state index in [2.05, 4.69) is 15.4 Å². The van der Waals surface area contributed by atoms with Crippen molar-refractivity contribution in [1.82, 2.24) is 14.8 Å². The molecule has 0 aliphatic heterocycles. The Hall–Kier alpha value is -2.64. The van der Waals surface area contributed by atoms with E-state index in [0.717, 1.165) is 0 Å². The van der Waals surface area contributed by atoms with Crippen molar-refractivity contribution in [2.75, 3.05) is 12.4 Å². The van der Waals surface area contributed by atoms with Crippen molar-refractivity contribution < 1.29 is 13.9 Å². The Kier molecular flexibility index (Phi) is 4.87. The monoisotopic (exact) mass is 380 g/mol. The van der Waals surface area contributed by atoms with Crippen molar-refractivity contribution in [3.63, 3.8) is 0 Å². The number of anilines is 1. The van der Waals surface area contributed by atoms with Gasteiger partial charge in [0.1, 0.15) is 18.3 Å². The van der Waals surface area contributed by atoms with Gasteiger partial charge < -0.3 is 10.1 Å². The number of halogens is 3. The Balaban J connectivity index is 1.83. The molecule has 0 radical (unpaired) electrons. The lowest BCUT2D eigenvalue weighted by Gasteiger charge is -2.10. The summed E-state index contributed by atoms with van der Waals surface area (Å²) in [4.78, 5) is 16.1. The third kappa shape index (κ3) is 3.57. The largest absolute Gasteiger partial charge is 0.494 e. The maximum absolute atomic E-state index is 14.2. The lowest BCUT2D eigenvalue weighted by molar-refractivity contribution is 0.102. The molecule has 1 N–H and O–H groups in total. The van der Waals surface area contributed by atoms with E-state index in [1.54, 1.807) is 6.07 Å². The van der Waals surface area contributed by atoms with Gasteiger partial charge in [0.05, 0.1) is 17.2 Å². The molecule has 0 atom stereocenters. The molecule has 0 bridgehead atoms. The Morgan fingerprint density at radius 1 is 1.24 bits per heavy atom. The van der Waals surface area contributed by atoms with Crippen LogP contribution in [0.2, 0.25) is 10.0 Å². The van der Waals surface area contributed by atoms with Crippen molar-refractivity contribution in [3.05, 3.63) is 64.4 Å². The second-order valence-electron chi connectivity index (χ2n) is 4.93. The summed E-state index contributed by atoms with van der Waals surface area (Å²) in [5, 5.41) is 6.84. The van der Waals surface area contributed by atoms with Gasteiger partial charge in [-0.15, -0.1) is 0 Å². The molecule has 3 aromatic rings. The van der Waals surface area contributed by atoms with Crippen molar-refractivity contribution >= 4 is 34.8 Å². The fourth-order valence-electron chi connectivity index (χ4n) is 2.19. The van der Waals surface area contributed by atoms with Crippen molar-refractivity contribution in [2.45, 2.75) is 0 Å². The highest BCUT2D eigenvalue weighted by molar-refractivity contribution is 6.37. The molecule has 0 saturated carbocycles. The molecule has 1 amide bonds. The number of ether oxygens (including phenoxy) is 1. The van der Waals surface area contributed by atoms with Crippen LogP contribution in [0.5, 0.6) is 5.75 Å². The fourth-order valence-corrected chi connectivity index (χ4v) is 2.83. The number of carbonyl (C=O) groups excluding carboxylic acids is 1. The Labute approximate surface area is 152 Å². The van der Waals surface area contributed by atoms with Crippen LogP contribution < -0.4 is 10.1 Å². The third-order valence-corrected chi connectivity index (χ3v) is 3.90. The smallest absolute Gasteiger partial charge is 0.255 e. The van der Waals surface area contributed by atoms with Crippen molar-refractivity contribution in [2.24, 2.45) is 0 Å². The van der Waals surface area contributed by atoms with E-state index in [9.17, 15) is 9.18 Å². The Morgan fingerprint density at radius 3 is 2.52 bits per heavy atom. The first-order chi connectivity index (χ1) is 12.0. The molecular weight excluding hydrogens is 370 g/mol. The van der Waals surface area contributed by atoms with Gasteiger partial charge >= 0.3 is 0 Å². The molecule has 1 heterocycles. The number of hydrogen-bond acceptors (Lipinski definition) is 4. The van der Waals surface area contributed by atoms with Gasteiger partial charge in [0, 0.05) is 11.3 Å². The van der Waals surface area contributed by atoms with Gasteiger partial charge in [-0.3, -0.25) is 4.79 Å². The molecule has 0 aliphatic rings. The second-order valence-corrected chi connectivity index (χ2v) is 5.75. The lowest BCUT2D eigenvalue weighted by Crippen LogP contribution is -2.12. The molecule has 3 rings (SSSR count). The fraction of sp³-hybridized carbons (Fsp3) is 0.0625. The Bertz CT molecular complexity index is 909. The normalized spacial score (nSPS) is 10.6. The van der Waals surface area contributed by atoms with E-state index in [-0.39, 0.29) is 32.7 Å². The highest BCUT2D eigenvalue weighted by Crippen LogP contribution is 2.34. The summed E-state index contributed by atoms with van der Waals surface area (Å²) in [7, 11) is 1.42. The van der Waals surface area contributed by atoms with Gasteiger partial charge in [0.15, 0.2) is 11.6 Å². The quantitative estimate of drug-likeness (QED) is 0.743. The zero-order valence-electron chi connectivity index (χ0n) is 12.8. The molecule has 0 saturated heterocycles. The van der Waals surface area contributed by atoms with Crippen molar-refractivity contribution in [3.8, 4) is 11.4 Å². The minimum absolute atomic E-state index is 0.202. The minimum atomic E-state index is -0.561. The third-order valence-electron chi connectivity index (χ3n) is 3.34. The van der Waals surface area contributed by atoms with E-state index in [1.165, 1.54) is 48.7 Å². The molecular formula is C16H11Cl2FN4O2. The predicted octanol–water partition coefficient (Wildman–Crippen LogP) is 3.97. The molecule has 25 heavy (non-hydrogen) atoms. The molecule has 0 fully saturated rings. The lowest BCUT2D eigenvalue weighted by atomic mass is 10.2. The molecule has 1 aromatic heterocycles. The number of aromatic nitrogens is 3. The number of amides is 1. The summed E-state index contributed by atoms with van der Waals surface area (Å²) in [6, 6.07) is 7.05. The maximum Gasteiger partial charge on any atom is 0.255 e. The molecule has 0 unspecified atom stereocenters. The molecule has 128 valence electrons. The first kappa shape index (κ1) is 17.2. The number of nitrogens with one attached hydrogen (secondary N) is 1. The van der Waals surface area contributed by atoms with Gasteiger partial charge in [0.2, 0.25) is 0 Å². The van der Waals surface area contributed by atoms with Crippen LogP contribution in [0, 0.1) is 5.82 Å². The molecule has 6 nitrogen and oxygen atoms in total. The summed E-state index contributed by atoms with van der Waals surface area (Å²) < 4.78 is 20.5. The summed E-state index contributed by atoms with van der Waals surface area (Å²) >= 11 is 12.0. The van der Waals surface area contributed by atoms with E-state index in [4.69, 9.17) is 27.9 Å².